The summed E-state index contributed by atoms with van der Waals surface area (Å²) in [6, 6.07) is 0. The standard InChI is InChI=1S/C3H5B/c1-2-3-4/h2-3H,1H3. The topological polar surface area (TPSA) is 0 Å². The van der Waals surface area contributed by atoms with E-state index in [2.05, 4.69) is 0 Å². The molecule has 0 unspecified atom stereocenters. The van der Waals surface area contributed by atoms with E-state index in [4.69, 9.17) is 7.85 Å². The van der Waals surface area contributed by atoms with Gasteiger partial charge in [-0.05, 0) is 6.92 Å². The highest BCUT2D eigenvalue weighted by Crippen LogP contribution is 1.50. The van der Waals surface area contributed by atoms with Gasteiger partial charge in [-0.15, -0.1) is 12.1 Å². The zero-order chi connectivity index (χ0) is 3.41. The highest BCUT2D eigenvalue weighted by Gasteiger charge is 1.35. The Kier molecular flexibility index (Phi) is 2.67. The lowest BCUT2D eigenvalue weighted by molar-refractivity contribution is 1.78. The van der Waals surface area contributed by atoms with E-state index in [-0.39, 0.29) is 0 Å². The maximum Gasteiger partial charge on any atom is 0.102 e. The molecule has 0 N–H and O–H groups in total. The van der Waals surface area contributed by atoms with E-state index >= 15 is 0 Å². The van der Waals surface area contributed by atoms with Crippen LogP contribution < -0.4 is 0 Å². The van der Waals surface area contributed by atoms with Crippen molar-refractivity contribution >= 4 is 7.85 Å². The smallest absolute Gasteiger partial charge is 0.102 e. The number of hydrogen-bond donors (Lipinski definition) is 0. The fourth-order valence-electron chi connectivity index (χ4n) is 0. The van der Waals surface area contributed by atoms with Crippen LogP contribution in [0.15, 0.2) is 12.1 Å². The maximum absolute atomic E-state index is 4.85. The minimum Gasteiger partial charge on any atom is -0.136 e. The highest BCUT2D eigenvalue weighted by molar-refractivity contribution is 6.16. The third-order valence-corrected chi connectivity index (χ3v) is 0.192. The molecular formula is C3H5B. The zero-order valence-electron chi connectivity index (χ0n) is 2.73. The monoisotopic (exact) mass is 52.0 g/mol. The summed E-state index contributed by atoms with van der Waals surface area (Å²) in [5, 5.41) is 0. The fraction of sp³-hybridized carbons (Fsp3) is 0.333. The van der Waals surface area contributed by atoms with Crippen LogP contribution in [0.5, 0.6) is 0 Å². The molecule has 1 heteroatoms. The van der Waals surface area contributed by atoms with Crippen molar-refractivity contribution in [2.24, 2.45) is 0 Å². The van der Waals surface area contributed by atoms with Crippen molar-refractivity contribution in [1.29, 1.82) is 0 Å². The predicted molar refractivity (Wildman–Crippen MR) is 20.6 cm³/mol. The van der Waals surface area contributed by atoms with Crippen LogP contribution in [0.4, 0.5) is 0 Å². The SMILES string of the molecule is [B]C=CC. The Morgan fingerprint density at radius 1 is 1.75 bits per heavy atom. The third kappa shape index (κ3) is 1.80. The summed E-state index contributed by atoms with van der Waals surface area (Å²) in [7, 11) is 4.85. The molecule has 0 rings (SSSR count). The summed E-state index contributed by atoms with van der Waals surface area (Å²) < 4.78 is 0. The molecule has 0 aromatic heterocycles. The van der Waals surface area contributed by atoms with E-state index in [0.717, 1.165) is 0 Å². The predicted octanol–water partition coefficient (Wildman–Crippen LogP) is 0.688. The molecule has 0 aliphatic carbocycles. The molecule has 0 atom stereocenters. The molecule has 4 heavy (non-hydrogen) atoms. The minimum absolute atomic E-state index is 1.50. The van der Waals surface area contributed by atoms with Gasteiger partial charge in [0.1, 0.15) is 7.85 Å². The first-order valence-corrected chi connectivity index (χ1v) is 1.24. The quantitative estimate of drug-likeness (QED) is 0.355. The first-order valence-electron chi connectivity index (χ1n) is 1.24. The lowest BCUT2D eigenvalue weighted by Crippen LogP contribution is -1.39. The van der Waals surface area contributed by atoms with Gasteiger partial charge in [-0.3, -0.25) is 0 Å². The van der Waals surface area contributed by atoms with Crippen LogP contribution in [0.25, 0.3) is 0 Å². The van der Waals surface area contributed by atoms with Gasteiger partial charge in [0.15, 0.2) is 0 Å². The largest absolute Gasteiger partial charge is 0.136 e. The van der Waals surface area contributed by atoms with Gasteiger partial charge in [-0.25, -0.2) is 0 Å². The van der Waals surface area contributed by atoms with Crippen LogP contribution in [-0.2, 0) is 0 Å². The second kappa shape index (κ2) is 2.80. The van der Waals surface area contributed by atoms with Crippen LogP contribution in [0.3, 0.4) is 0 Å². The highest BCUT2D eigenvalue weighted by atomic mass is 13.3. The molecule has 0 heterocycles. The van der Waals surface area contributed by atoms with Gasteiger partial charge < -0.3 is 0 Å². The lowest BCUT2D eigenvalue weighted by atomic mass is 10.1. The molecule has 0 aliphatic rings. The Balaban J connectivity index is 2.55. The molecular weight excluding hydrogens is 46.8 g/mol. The third-order valence-electron chi connectivity index (χ3n) is 0.192. The average Bonchev–Trinajstić information content (AvgIpc) is 1.37. The molecule has 0 spiro atoms. The van der Waals surface area contributed by atoms with Gasteiger partial charge in [0.05, 0.1) is 0 Å². The molecule has 20 valence electrons. The van der Waals surface area contributed by atoms with Crippen molar-refractivity contribution in [1.82, 2.24) is 0 Å². The van der Waals surface area contributed by atoms with Gasteiger partial charge in [0.2, 0.25) is 0 Å². The van der Waals surface area contributed by atoms with E-state index in [1.54, 1.807) is 6.08 Å². The van der Waals surface area contributed by atoms with Crippen molar-refractivity contribution in [3.05, 3.63) is 12.1 Å². The summed E-state index contributed by atoms with van der Waals surface area (Å²) >= 11 is 0. The van der Waals surface area contributed by atoms with E-state index in [1.165, 1.54) is 5.98 Å². The summed E-state index contributed by atoms with van der Waals surface area (Å²) in [5.41, 5.74) is 0. The van der Waals surface area contributed by atoms with Crippen LogP contribution in [0.2, 0.25) is 0 Å². The Hall–Kier alpha value is -0.195. The average molecular weight is 51.9 g/mol. The van der Waals surface area contributed by atoms with Crippen molar-refractivity contribution in [2.75, 3.05) is 0 Å². The number of rotatable bonds is 0. The van der Waals surface area contributed by atoms with Gasteiger partial charge in [0, 0.05) is 0 Å². The first-order chi connectivity index (χ1) is 1.91. The van der Waals surface area contributed by atoms with Crippen LogP contribution >= 0.6 is 0 Å². The number of allylic oxidation sites excluding steroid dienone is 1. The van der Waals surface area contributed by atoms with Crippen LogP contribution in [0.1, 0.15) is 6.92 Å². The van der Waals surface area contributed by atoms with Crippen molar-refractivity contribution in [3.8, 4) is 0 Å². The van der Waals surface area contributed by atoms with Crippen molar-refractivity contribution in [2.45, 2.75) is 6.92 Å². The van der Waals surface area contributed by atoms with Crippen molar-refractivity contribution < 1.29 is 0 Å². The van der Waals surface area contributed by atoms with Gasteiger partial charge >= 0.3 is 0 Å². The number of hydrogen-bond acceptors (Lipinski definition) is 0. The maximum atomic E-state index is 4.85. The Labute approximate surface area is 27.9 Å². The van der Waals surface area contributed by atoms with E-state index in [9.17, 15) is 0 Å². The second-order valence-corrected chi connectivity index (χ2v) is 0.526. The fourth-order valence-corrected chi connectivity index (χ4v) is 0. The minimum atomic E-state index is 1.50. The molecule has 2 radical (unpaired) electrons. The summed E-state index contributed by atoms with van der Waals surface area (Å²) in [6.45, 7) is 1.88. The zero-order valence-corrected chi connectivity index (χ0v) is 2.73. The molecule has 0 saturated carbocycles. The Morgan fingerprint density at radius 3 is 2.00 bits per heavy atom. The molecule has 0 aromatic carbocycles. The van der Waals surface area contributed by atoms with E-state index in [1.807, 2.05) is 6.92 Å². The molecule has 0 aliphatic heterocycles. The lowest BCUT2D eigenvalue weighted by Gasteiger charge is -1.49. The first kappa shape index (κ1) is 3.80. The molecule has 0 saturated heterocycles. The molecule has 0 bridgehead atoms. The summed E-state index contributed by atoms with van der Waals surface area (Å²) in [6.07, 6.45) is 1.78. The van der Waals surface area contributed by atoms with Gasteiger partial charge in [-0.1, -0.05) is 0 Å². The Bertz CT molecular complexity index is 18.5. The molecule has 0 nitrogen and oxygen atoms in total. The summed E-state index contributed by atoms with van der Waals surface area (Å²) in [4.78, 5) is 0. The van der Waals surface area contributed by atoms with Gasteiger partial charge in [-0.2, -0.15) is 0 Å². The van der Waals surface area contributed by atoms with E-state index < -0.39 is 0 Å². The van der Waals surface area contributed by atoms with Crippen LogP contribution in [-0.4, -0.2) is 7.85 Å². The van der Waals surface area contributed by atoms with E-state index in [0.29, 0.717) is 0 Å². The molecule has 0 amide bonds. The second-order valence-electron chi connectivity index (χ2n) is 0.526. The molecule has 0 fully saturated rings. The summed E-state index contributed by atoms with van der Waals surface area (Å²) in [5.74, 6) is 1.50. The normalized spacial score (nSPS) is 9.25. The molecule has 0 aromatic rings. The van der Waals surface area contributed by atoms with Gasteiger partial charge in [0.25, 0.3) is 0 Å². The Morgan fingerprint density at radius 2 is 2.00 bits per heavy atom. The van der Waals surface area contributed by atoms with Crippen LogP contribution in [0, 0.1) is 0 Å². The van der Waals surface area contributed by atoms with Crippen molar-refractivity contribution in [3.63, 3.8) is 0 Å².